The van der Waals surface area contributed by atoms with Crippen molar-refractivity contribution in [2.24, 2.45) is 0 Å². The minimum Gasteiger partial charge on any atom is -0.420 e. The summed E-state index contributed by atoms with van der Waals surface area (Å²) in [7, 11) is 0.613. The van der Waals surface area contributed by atoms with Crippen LogP contribution in [0.15, 0.2) is 0 Å². The molecule has 0 saturated heterocycles. The third-order valence-corrected chi connectivity index (χ3v) is 6.71. The zero-order valence-electron chi connectivity index (χ0n) is 8.02. The molecule has 1 aliphatic rings. The molecule has 1 saturated carbocycles. The molecule has 0 aromatic rings. The molecule has 0 radical (unpaired) electrons. The van der Waals surface area contributed by atoms with Gasteiger partial charge in [0.2, 0.25) is 0 Å². The Kier molecular flexibility index (Phi) is 3.13. The van der Waals surface area contributed by atoms with Crippen LogP contribution < -0.4 is 0 Å². The average Bonchev–Trinajstić information content (AvgIpc) is 2.06. The van der Waals surface area contributed by atoms with E-state index < -0.39 is 8.32 Å². The SMILES string of the molecule is CO[Si](C)(C)C1CCCCC1. The van der Waals surface area contributed by atoms with E-state index in [1.807, 2.05) is 7.11 Å². The normalized spacial score (nSPS) is 22.1. The molecule has 0 spiro atoms. The van der Waals surface area contributed by atoms with E-state index in [1.165, 1.54) is 32.1 Å². The topological polar surface area (TPSA) is 9.23 Å². The molecule has 2 heteroatoms. The quantitative estimate of drug-likeness (QED) is 0.581. The molecule has 0 N–H and O–H groups in total. The van der Waals surface area contributed by atoms with E-state index in [-0.39, 0.29) is 0 Å². The molecule has 11 heavy (non-hydrogen) atoms. The second-order valence-electron chi connectivity index (χ2n) is 4.14. The third-order valence-electron chi connectivity index (χ3n) is 3.11. The van der Waals surface area contributed by atoms with Gasteiger partial charge in [-0.2, -0.15) is 0 Å². The molecule has 0 heterocycles. The van der Waals surface area contributed by atoms with Gasteiger partial charge in [0.15, 0.2) is 8.32 Å². The smallest absolute Gasteiger partial charge is 0.189 e. The molecule has 66 valence electrons. The lowest BCUT2D eigenvalue weighted by Crippen LogP contribution is -2.36. The van der Waals surface area contributed by atoms with E-state index >= 15 is 0 Å². The minimum atomic E-state index is -1.28. The number of rotatable bonds is 2. The molecule has 0 aliphatic heterocycles. The Morgan fingerprint density at radius 2 is 1.64 bits per heavy atom. The van der Waals surface area contributed by atoms with Crippen LogP contribution in [0.1, 0.15) is 32.1 Å². The van der Waals surface area contributed by atoms with Crippen molar-refractivity contribution in [3.05, 3.63) is 0 Å². The van der Waals surface area contributed by atoms with E-state index in [0.29, 0.717) is 0 Å². The standard InChI is InChI=1S/C9H20OSi/c1-10-11(2,3)9-7-5-4-6-8-9/h9H,4-8H2,1-3H3. The van der Waals surface area contributed by atoms with Crippen molar-refractivity contribution in [2.75, 3.05) is 7.11 Å². The molecular formula is C9H20OSi. The first kappa shape index (κ1) is 9.27. The Bertz CT molecular complexity index is 117. The van der Waals surface area contributed by atoms with Crippen LogP contribution in [0.3, 0.4) is 0 Å². The molecular weight excluding hydrogens is 152 g/mol. The van der Waals surface area contributed by atoms with Gasteiger partial charge in [0, 0.05) is 7.11 Å². The molecule has 0 unspecified atom stereocenters. The lowest BCUT2D eigenvalue weighted by atomic mass is 10.0. The summed E-state index contributed by atoms with van der Waals surface area (Å²) in [4.78, 5) is 0. The van der Waals surface area contributed by atoms with Crippen molar-refractivity contribution >= 4 is 8.32 Å². The first-order valence-electron chi connectivity index (χ1n) is 4.72. The highest BCUT2D eigenvalue weighted by molar-refractivity contribution is 6.72. The van der Waals surface area contributed by atoms with Crippen molar-refractivity contribution in [3.63, 3.8) is 0 Å². The van der Waals surface area contributed by atoms with Gasteiger partial charge in [-0.25, -0.2) is 0 Å². The van der Waals surface area contributed by atoms with Crippen molar-refractivity contribution in [1.29, 1.82) is 0 Å². The maximum Gasteiger partial charge on any atom is 0.189 e. The second kappa shape index (κ2) is 3.72. The molecule has 1 rings (SSSR count). The summed E-state index contributed by atoms with van der Waals surface area (Å²) in [6, 6.07) is 0. The van der Waals surface area contributed by atoms with E-state index in [0.717, 1.165) is 5.54 Å². The van der Waals surface area contributed by atoms with Crippen LogP contribution in [0, 0.1) is 0 Å². The Morgan fingerprint density at radius 1 is 1.09 bits per heavy atom. The Labute approximate surface area is 71.3 Å². The predicted octanol–water partition coefficient (Wildman–Crippen LogP) is 3.17. The van der Waals surface area contributed by atoms with Gasteiger partial charge in [-0.05, 0) is 18.6 Å². The van der Waals surface area contributed by atoms with Gasteiger partial charge in [0.25, 0.3) is 0 Å². The third kappa shape index (κ3) is 2.31. The minimum absolute atomic E-state index is 0.932. The van der Waals surface area contributed by atoms with E-state index in [4.69, 9.17) is 4.43 Å². The molecule has 1 fully saturated rings. The predicted molar refractivity (Wildman–Crippen MR) is 51.3 cm³/mol. The van der Waals surface area contributed by atoms with Gasteiger partial charge >= 0.3 is 0 Å². The molecule has 0 atom stereocenters. The highest BCUT2D eigenvalue weighted by Crippen LogP contribution is 2.36. The molecule has 1 aliphatic carbocycles. The van der Waals surface area contributed by atoms with E-state index in [1.54, 1.807) is 0 Å². The lowest BCUT2D eigenvalue weighted by Gasteiger charge is -2.33. The lowest BCUT2D eigenvalue weighted by molar-refractivity contribution is 0.363. The summed E-state index contributed by atoms with van der Waals surface area (Å²) < 4.78 is 5.62. The summed E-state index contributed by atoms with van der Waals surface area (Å²) in [5, 5.41) is 0. The molecule has 0 aromatic carbocycles. The summed E-state index contributed by atoms with van der Waals surface area (Å²) in [5.41, 5.74) is 0.932. The van der Waals surface area contributed by atoms with Gasteiger partial charge in [-0.15, -0.1) is 0 Å². The van der Waals surface area contributed by atoms with Crippen LogP contribution in [-0.4, -0.2) is 15.4 Å². The van der Waals surface area contributed by atoms with Gasteiger partial charge < -0.3 is 4.43 Å². The molecule has 1 nitrogen and oxygen atoms in total. The van der Waals surface area contributed by atoms with Crippen LogP contribution in [0.2, 0.25) is 18.6 Å². The summed E-state index contributed by atoms with van der Waals surface area (Å²) in [6.07, 6.45) is 7.17. The molecule has 0 aromatic heterocycles. The molecule has 0 bridgehead atoms. The Morgan fingerprint density at radius 3 is 2.09 bits per heavy atom. The van der Waals surface area contributed by atoms with Crippen molar-refractivity contribution < 1.29 is 4.43 Å². The fourth-order valence-electron chi connectivity index (χ4n) is 1.96. The summed E-state index contributed by atoms with van der Waals surface area (Å²) >= 11 is 0. The maximum absolute atomic E-state index is 5.62. The maximum atomic E-state index is 5.62. The Balaban J connectivity index is 2.43. The van der Waals surface area contributed by atoms with E-state index in [9.17, 15) is 0 Å². The second-order valence-corrected chi connectivity index (χ2v) is 8.57. The van der Waals surface area contributed by atoms with Gasteiger partial charge in [0.05, 0.1) is 0 Å². The first-order chi connectivity index (χ1) is 5.17. The Hall–Kier alpha value is 0.177. The monoisotopic (exact) mass is 172 g/mol. The summed E-state index contributed by atoms with van der Waals surface area (Å²) in [6.45, 7) is 4.70. The van der Waals surface area contributed by atoms with Crippen LogP contribution in [0.4, 0.5) is 0 Å². The number of hydrogen-bond donors (Lipinski definition) is 0. The van der Waals surface area contributed by atoms with Crippen molar-refractivity contribution in [3.8, 4) is 0 Å². The largest absolute Gasteiger partial charge is 0.420 e. The van der Waals surface area contributed by atoms with Crippen LogP contribution in [0.5, 0.6) is 0 Å². The van der Waals surface area contributed by atoms with Crippen LogP contribution in [-0.2, 0) is 4.43 Å². The van der Waals surface area contributed by atoms with Gasteiger partial charge in [-0.3, -0.25) is 0 Å². The zero-order chi connectivity index (χ0) is 8.32. The first-order valence-corrected chi connectivity index (χ1v) is 7.70. The van der Waals surface area contributed by atoms with Gasteiger partial charge in [0.1, 0.15) is 0 Å². The fraction of sp³-hybridized carbons (Fsp3) is 1.00. The molecule has 0 amide bonds. The fourth-order valence-corrected chi connectivity index (χ4v) is 4.10. The van der Waals surface area contributed by atoms with Crippen LogP contribution in [0.25, 0.3) is 0 Å². The van der Waals surface area contributed by atoms with Crippen LogP contribution >= 0.6 is 0 Å². The van der Waals surface area contributed by atoms with Crippen molar-refractivity contribution in [2.45, 2.75) is 50.7 Å². The van der Waals surface area contributed by atoms with E-state index in [2.05, 4.69) is 13.1 Å². The number of hydrogen-bond acceptors (Lipinski definition) is 1. The van der Waals surface area contributed by atoms with Gasteiger partial charge in [-0.1, -0.05) is 32.1 Å². The van der Waals surface area contributed by atoms with Crippen molar-refractivity contribution in [1.82, 2.24) is 0 Å². The highest BCUT2D eigenvalue weighted by atomic mass is 28.4. The highest BCUT2D eigenvalue weighted by Gasteiger charge is 2.32. The summed E-state index contributed by atoms with van der Waals surface area (Å²) in [5.74, 6) is 0. The average molecular weight is 172 g/mol. The zero-order valence-corrected chi connectivity index (χ0v) is 9.02.